The summed E-state index contributed by atoms with van der Waals surface area (Å²) < 4.78 is 5.73. The molecule has 2 atom stereocenters. The first kappa shape index (κ1) is 17.4. The number of aromatic nitrogens is 1. The van der Waals surface area contributed by atoms with Gasteiger partial charge in [-0.3, -0.25) is 9.78 Å². The van der Waals surface area contributed by atoms with Gasteiger partial charge in [0.1, 0.15) is 6.10 Å². The molecule has 2 fully saturated rings. The molecule has 1 N–H and O–H groups in total. The van der Waals surface area contributed by atoms with Crippen LogP contribution in [0.4, 0.5) is 0 Å². The molecule has 0 saturated carbocycles. The summed E-state index contributed by atoms with van der Waals surface area (Å²) in [5, 5.41) is 10.8. The Hall–Kier alpha value is -1.46. The highest BCUT2D eigenvalue weighted by atomic mass is 16.5. The number of carbonyl (C=O) groups excluding carboxylic acids is 1. The molecular weight excluding hydrogens is 304 g/mol. The quantitative estimate of drug-likeness (QED) is 0.916. The van der Waals surface area contributed by atoms with Gasteiger partial charge in [0.05, 0.1) is 5.60 Å². The largest absolute Gasteiger partial charge is 0.389 e. The number of pyridine rings is 1. The number of rotatable bonds is 4. The third-order valence-electron chi connectivity index (χ3n) is 5.53. The van der Waals surface area contributed by atoms with Crippen LogP contribution in [-0.4, -0.2) is 52.3 Å². The van der Waals surface area contributed by atoms with Crippen molar-refractivity contribution in [3.8, 4) is 0 Å². The lowest BCUT2D eigenvalue weighted by molar-refractivity contribution is -0.147. The number of carbonyl (C=O) groups is 1. The van der Waals surface area contributed by atoms with Crippen LogP contribution in [0.5, 0.6) is 0 Å². The van der Waals surface area contributed by atoms with Gasteiger partial charge in [-0.2, -0.15) is 0 Å². The number of aliphatic hydroxyl groups is 1. The van der Waals surface area contributed by atoms with Crippen molar-refractivity contribution in [1.82, 2.24) is 9.88 Å². The van der Waals surface area contributed by atoms with Gasteiger partial charge in [0.2, 0.25) is 0 Å². The predicted molar refractivity (Wildman–Crippen MR) is 91.4 cm³/mol. The molecular formula is C19H28N2O3. The molecule has 5 nitrogen and oxygen atoms in total. The Balaban J connectivity index is 1.57. The summed E-state index contributed by atoms with van der Waals surface area (Å²) in [6.07, 6.45) is 6.01. The number of nitrogens with zero attached hydrogens (tertiary/aromatic N) is 2. The summed E-state index contributed by atoms with van der Waals surface area (Å²) in [6, 6.07) is 3.88. The molecule has 24 heavy (non-hydrogen) atoms. The Morgan fingerprint density at radius 3 is 2.67 bits per heavy atom. The zero-order valence-corrected chi connectivity index (χ0v) is 14.6. The molecule has 2 saturated heterocycles. The second-order valence-corrected chi connectivity index (χ2v) is 7.57. The van der Waals surface area contributed by atoms with Crippen molar-refractivity contribution in [1.29, 1.82) is 0 Å². The van der Waals surface area contributed by atoms with E-state index in [1.165, 1.54) is 0 Å². The number of piperidine rings is 1. The van der Waals surface area contributed by atoms with Gasteiger partial charge in [0, 0.05) is 38.5 Å². The number of ether oxygens (including phenoxy) is 1. The number of hydrogen-bond donors (Lipinski definition) is 1. The van der Waals surface area contributed by atoms with Gasteiger partial charge in [-0.15, -0.1) is 0 Å². The van der Waals surface area contributed by atoms with E-state index in [-0.39, 0.29) is 12.0 Å². The van der Waals surface area contributed by atoms with Crippen molar-refractivity contribution in [3.05, 3.63) is 30.1 Å². The highest BCUT2D eigenvalue weighted by Crippen LogP contribution is 2.32. The Bertz CT molecular complexity index is 553. The van der Waals surface area contributed by atoms with Crippen LogP contribution in [0.3, 0.4) is 0 Å². The lowest BCUT2D eigenvalue weighted by atomic mass is 9.84. The van der Waals surface area contributed by atoms with Crippen LogP contribution in [0, 0.1) is 11.8 Å². The molecule has 2 aliphatic rings. The monoisotopic (exact) mass is 332 g/mol. The third-order valence-corrected chi connectivity index (χ3v) is 5.53. The average molecular weight is 332 g/mol. The van der Waals surface area contributed by atoms with Crippen LogP contribution in [-0.2, 0) is 16.0 Å². The molecule has 0 radical (unpaired) electrons. The summed E-state index contributed by atoms with van der Waals surface area (Å²) in [6.45, 7) is 6.20. The van der Waals surface area contributed by atoms with Gasteiger partial charge in [0.15, 0.2) is 0 Å². The standard InChI is InChI=1S/C19H28N2O3/c1-14(2)16-5-12-24-17(16)18(22)21-10-6-19(23,7-11-21)13-15-3-8-20-9-4-15/h3-4,8-9,14,16-17,23H,5-7,10-13H2,1-2H3/t16-,17-/m0/s1. The lowest BCUT2D eigenvalue weighted by Gasteiger charge is -2.39. The van der Waals surface area contributed by atoms with Gasteiger partial charge in [-0.1, -0.05) is 13.8 Å². The minimum atomic E-state index is -0.730. The van der Waals surface area contributed by atoms with Crippen LogP contribution < -0.4 is 0 Å². The lowest BCUT2D eigenvalue weighted by Crippen LogP contribution is -2.51. The molecule has 1 aromatic rings. The average Bonchev–Trinajstić information content (AvgIpc) is 3.05. The van der Waals surface area contributed by atoms with Crippen molar-refractivity contribution in [2.75, 3.05) is 19.7 Å². The first-order valence-electron chi connectivity index (χ1n) is 9.00. The summed E-state index contributed by atoms with van der Waals surface area (Å²) in [7, 11) is 0. The summed E-state index contributed by atoms with van der Waals surface area (Å²) in [5.41, 5.74) is 0.359. The van der Waals surface area contributed by atoms with E-state index in [1.807, 2.05) is 17.0 Å². The van der Waals surface area contributed by atoms with E-state index >= 15 is 0 Å². The molecule has 5 heteroatoms. The molecule has 0 unspecified atom stereocenters. The van der Waals surface area contributed by atoms with Crippen LogP contribution in [0.1, 0.15) is 38.7 Å². The van der Waals surface area contributed by atoms with Crippen LogP contribution in [0.15, 0.2) is 24.5 Å². The molecule has 0 spiro atoms. The maximum Gasteiger partial charge on any atom is 0.252 e. The fourth-order valence-electron chi connectivity index (χ4n) is 3.92. The first-order valence-corrected chi connectivity index (χ1v) is 9.00. The SMILES string of the molecule is CC(C)[C@@H]1CCO[C@@H]1C(=O)N1CCC(O)(Cc2ccncc2)CC1. The first-order chi connectivity index (χ1) is 11.5. The highest BCUT2D eigenvalue weighted by Gasteiger charge is 2.41. The Labute approximate surface area is 144 Å². The molecule has 2 aliphatic heterocycles. The molecule has 0 aromatic carbocycles. The minimum Gasteiger partial charge on any atom is -0.389 e. The molecule has 132 valence electrons. The maximum absolute atomic E-state index is 12.8. The van der Waals surface area contributed by atoms with Crippen molar-refractivity contribution in [2.45, 2.75) is 51.2 Å². The van der Waals surface area contributed by atoms with E-state index in [9.17, 15) is 9.90 Å². The zero-order chi connectivity index (χ0) is 17.2. The molecule has 0 aliphatic carbocycles. The smallest absolute Gasteiger partial charge is 0.252 e. The van der Waals surface area contributed by atoms with E-state index in [0.29, 0.717) is 50.8 Å². The third kappa shape index (κ3) is 3.78. The molecule has 0 bridgehead atoms. The van der Waals surface area contributed by atoms with Gasteiger partial charge >= 0.3 is 0 Å². The zero-order valence-electron chi connectivity index (χ0n) is 14.6. The van der Waals surface area contributed by atoms with Gasteiger partial charge < -0.3 is 14.7 Å². The van der Waals surface area contributed by atoms with Gasteiger partial charge in [0.25, 0.3) is 5.91 Å². The van der Waals surface area contributed by atoms with Crippen molar-refractivity contribution >= 4 is 5.91 Å². The molecule has 3 heterocycles. The van der Waals surface area contributed by atoms with Crippen LogP contribution in [0.25, 0.3) is 0 Å². The van der Waals surface area contributed by atoms with Gasteiger partial charge in [-0.25, -0.2) is 0 Å². The number of hydrogen-bond acceptors (Lipinski definition) is 4. The fourth-order valence-corrected chi connectivity index (χ4v) is 3.92. The van der Waals surface area contributed by atoms with Crippen LogP contribution in [0.2, 0.25) is 0 Å². The topological polar surface area (TPSA) is 62.7 Å². The summed E-state index contributed by atoms with van der Waals surface area (Å²) in [4.78, 5) is 18.7. The van der Waals surface area contributed by atoms with E-state index in [1.54, 1.807) is 12.4 Å². The second kappa shape index (κ2) is 7.19. The highest BCUT2D eigenvalue weighted by molar-refractivity contribution is 5.81. The molecule has 1 aromatic heterocycles. The van der Waals surface area contributed by atoms with Crippen molar-refractivity contribution in [3.63, 3.8) is 0 Å². The normalized spacial score (nSPS) is 26.8. The van der Waals surface area contributed by atoms with Crippen molar-refractivity contribution in [2.24, 2.45) is 11.8 Å². The van der Waals surface area contributed by atoms with Crippen LogP contribution >= 0.6 is 0 Å². The van der Waals surface area contributed by atoms with E-state index < -0.39 is 5.60 Å². The van der Waals surface area contributed by atoms with E-state index in [0.717, 1.165) is 12.0 Å². The van der Waals surface area contributed by atoms with Gasteiger partial charge in [-0.05, 0) is 48.8 Å². The fraction of sp³-hybridized carbons (Fsp3) is 0.684. The second-order valence-electron chi connectivity index (χ2n) is 7.57. The number of likely N-dealkylation sites (tertiary alicyclic amines) is 1. The Kier molecular flexibility index (Phi) is 5.21. The molecule has 3 rings (SSSR count). The summed E-state index contributed by atoms with van der Waals surface area (Å²) in [5.74, 6) is 0.877. The predicted octanol–water partition coefficient (Wildman–Crippen LogP) is 2.04. The Morgan fingerprint density at radius 2 is 2.04 bits per heavy atom. The Morgan fingerprint density at radius 1 is 1.38 bits per heavy atom. The summed E-state index contributed by atoms with van der Waals surface area (Å²) >= 11 is 0. The van der Waals surface area contributed by atoms with Crippen molar-refractivity contribution < 1.29 is 14.6 Å². The maximum atomic E-state index is 12.8. The van der Waals surface area contributed by atoms with E-state index in [2.05, 4.69) is 18.8 Å². The number of amides is 1. The molecule has 1 amide bonds. The van der Waals surface area contributed by atoms with E-state index in [4.69, 9.17) is 4.74 Å². The minimum absolute atomic E-state index is 0.108.